The van der Waals surface area contributed by atoms with Gasteiger partial charge in [-0.25, -0.2) is 4.98 Å². The highest BCUT2D eigenvalue weighted by Crippen LogP contribution is 2.27. The van der Waals surface area contributed by atoms with Crippen molar-refractivity contribution in [2.24, 2.45) is 0 Å². The van der Waals surface area contributed by atoms with E-state index in [2.05, 4.69) is 19.7 Å². The van der Waals surface area contributed by atoms with Crippen LogP contribution >= 0.6 is 0 Å². The van der Waals surface area contributed by atoms with Crippen molar-refractivity contribution in [3.8, 4) is 11.5 Å². The number of hydrogen-bond donors (Lipinski definition) is 1. The first-order chi connectivity index (χ1) is 13.9. The van der Waals surface area contributed by atoms with E-state index in [4.69, 9.17) is 4.74 Å². The molecule has 6 nitrogen and oxygen atoms in total. The van der Waals surface area contributed by atoms with Crippen molar-refractivity contribution in [2.75, 3.05) is 6.61 Å². The molecule has 162 valence electrons. The van der Waals surface area contributed by atoms with Gasteiger partial charge in [-0.05, 0) is 25.1 Å². The first kappa shape index (κ1) is 21.9. The zero-order chi connectivity index (χ0) is 22.1. The van der Waals surface area contributed by atoms with E-state index < -0.39 is 35.7 Å². The second-order valence-corrected chi connectivity index (χ2v) is 7.41. The molecule has 0 aliphatic carbocycles. The molecule has 0 bridgehead atoms. The molecule has 1 aromatic carbocycles. The molecule has 0 saturated carbocycles. The lowest BCUT2D eigenvalue weighted by Crippen LogP contribution is -2.19. The predicted molar refractivity (Wildman–Crippen MR) is 93.4 cm³/mol. The Balaban J connectivity index is 1.78. The van der Waals surface area contributed by atoms with Crippen molar-refractivity contribution in [3.63, 3.8) is 0 Å². The Labute approximate surface area is 167 Å². The summed E-state index contributed by atoms with van der Waals surface area (Å²) >= 11 is 0. The quantitative estimate of drug-likeness (QED) is 0.560. The summed E-state index contributed by atoms with van der Waals surface area (Å²) in [5.74, 6) is -0.711. The lowest BCUT2D eigenvalue weighted by atomic mass is 10.2. The van der Waals surface area contributed by atoms with E-state index in [1.165, 1.54) is 25.3 Å². The molecule has 0 aliphatic rings. The zero-order valence-electron chi connectivity index (χ0n) is 15.1. The maximum absolute atomic E-state index is 12.6. The zero-order valence-corrected chi connectivity index (χ0v) is 15.9. The summed E-state index contributed by atoms with van der Waals surface area (Å²) in [6.07, 6.45) is -8.14. The summed E-state index contributed by atoms with van der Waals surface area (Å²) in [7, 11) is -1.80. The average Bonchev–Trinajstić information content (AvgIpc) is 3.03. The molecule has 0 fully saturated rings. The minimum atomic E-state index is -4.86. The molecular weight excluding hydrogens is 440 g/mol. The molecule has 0 aliphatic heterocycles. The van der Waals surface area contributed by atoms with Crippen LogP contribution in [0.4, 0.5) is 26.3 Å². The van der Waals surface area contributed by atoms with Gasteiger partial charge in [0.25, 0.3) is 0 Å². The number of hydrogen-bond acceptors (Lipinski definition) is 5. The number of H-pyrrole nitrogens is 1. The molecule has 0 amide bonds. The fourth-order valence-corrected chi connectivity index (χ4v) is 3.58. The molecule has 0 radical (unpaired) electrons. The third-order valence-corrected chi connectivity index (χ3v) is 4.96. The molecule has 0 saturated heterocycles. The number of aromatic amines is 1. The van der Waals surface area contributed by atoms with Crippen LogP contribution < -0.4 is 9.47 Å². The summed E-state index contributed by atoms with van der Waals surface area (Å²) in [5, 5.41) is -0.0306. The molecule has 1 N–H and O–H groups in total. The molecule has 1 atom stereocenters. The largest absolute Gasteiger partial charge is 0.573 e. The highest BCUT2D eigenvalue weighted by molar-refractivity contribution is 7.84. The van der Waals surface area contributed by atoms with Gasteiger partial charge in [-0.2, -0.15) is 13.2 Å². The van der Waals surface area contributed by atoms with E-state index in [1.807, 2.05) is 0 Å². The fraction of sp³-hybridized carbons (Fsp3) is 0.294. The number of nitrogens with one attached hydrogen (secondary N) is 1. The number of fused-ring (bicyclic) bond motifs is 1. The summed E-state index contributed by atoms with van der Waals surface area (Å²) in [6, 6.07) is 4.65. The van der Waals surface area contributed by atoms with Gasteiger partial charge in [0, 0.05) is 17.8 Å². The van der Waals surface area contributed by atoms with E-state index in [9.17, 15) is 30.6 Å². The van der Waals surface area contributed by atoms with E-state index in [1.54, 1.807) is 0 Å². The van der Waals surface area contributed by atoms with Crippen LogP contribution in [0.5, 0.6) is 11.5 Å². The average molecular weight is 453 g/mol. The number of halogens is 6. The molecule has 0 spiro atoms. The van der Waals surface area contributed by atoms with E-state index in [-0.39, 0.29) is 38.9 Å². The van der Waals surface area contributed by atoms with Gasteiger partial charge in [-0.1, -0.05) is 0 Å². The predicted octanol–water partition coefficient (Wildman–Crippen LogP) is 4.41. The highest BCUT2D eigenvalue weighted by atomic mass is 32.2. The van der Waals surface area contributed by atoms with Gasteiger partial charge in [0.2, 0.25) is 0 Å². The molecule has 2 heterocycles. The smallest absolute Gasteiger partial charge is 0.484 e. The van der Waals surface area contributed by atoms with E-state index in [0.29, 0.717) is 0 Å². The second-order valence-electron chi connectivity index (χ2n) is 6.04. The second kappa shape index (κ2) is 8.13. The van der Waals surface area contributed by atoms with E-state index in [0.717, 1.165) is 12.1 Å². The van der Waals surface area contributed by atoms with Crippen molar-refractivity contribution >= 4 is 21.8 Å². The summed E-state index contributed by atoms with van der Waals surface area (Å²) in [6.45, 7) is -0.00306. The van der Waals surface area contributed by atoms with Gasteiger partial charge in [0.15, 0.2) is 11.8 Å². The summed E-state index contributed by atoms with van der Waals surface area (Å²) in [5.41, 5.74) is 0.952. The third-order valence-electron chi connectivity index (χ3n) is 3.80. The molecule has 3 aromatic rings. The minimum Gasteiger partial charge on any atom is -0.484 e. The number of imidazole rings is 1. The Bertz CT molecular complexity index is 1080. The number of nitrogens with zero attached hydrogens (tertiary/aromatic N) is 2. The molecule has 13 heteroatoms. The molecular formula is C17H13F6N3O3S. The molecule has 0 unspecified atom stereocenters. The van der Waals surface area contributed by atoms with Gasteiger partial charge in [0.05, 0.1) is 33.3 Å². The van der Waals surface area contributed by atoms with Crippen LogP contribution in [0.15, 0.2) is 35.6 Å². The minimum absolute atomic E-state index is 0.0306. The van der Waals surface area contributed by atoms with Crippen molar-refractivity contribution in [3.05, 3.63) is 41.7 Å². The van der Waals surface area contributed by atoms with Crippen LogP contribution in [0, 0.1) is 6.92 Å². The molecule has 30 heavy (non-hydrogen) atoms. The number of ether oxygens (including phenoxy) is 2. The number of benzene rings is 1. The van der Waals surface area contributed by atoms with Gasteiger partial charge in [-0.15, -0.1) is 13.2 Å². The van der Waals surface area contributed by atoms with Crippen LogP contribution in [0.1, 0.15) is 11.3 Å². The van der Waals surface area contributed by atoms with Crippen LogP contribution in [-0.4, -0.2) is 38.3 Å². The van der Waals surface area contributed by atoms with Crippen molar-refractivity contribution in [1.29, 1.82) is 0 Å². The normalized spacial score (nSPS) is 13.4. The van der Waals surface area contributed by atoms with Gasteiger partial charge in [-0.3, -0.25) is 9.19 Å². The van der Waals surface area contributed by atoms with Gasteiger partial charge >= 0.3 is 12.5 Å². The number of aromatic nitrogens is 3. The molecule has 2 aromatic heterocycles. The highest BCUT2D eigenvalue weighted by Gasteiger charge is 2.31. The summed E-state index contributed by atoms with van der Waals surface area (Å²) in [4.78, 5) is 10.7. The van der Waals surface area contributed by atoms with Crippen molar-refractivity contribution in [2.45, 2.75) is 30.4 Å². The van der Waals surface area contributed by atoms with Crippen LogP contribution in [0.2, 0.25) is 0 Å². The Morgan fingerprint density at radius 1 is 1.13 bits per heavy atom. The monoisotopic (exact) mass is 453 g/mol. The Morgan fingerprint density at radius 3 is 2.53 bits per heavy atom. The molecule has 3 rings (SSSR count). The fourth-order valence-electron chi connectivity index (χ4n) is 2.48. The topological polar surface area (TPSA) is 77.1 Å². The number of alkyl halides is 6. The number of rotatable bonds is 6. The van der Waals surface area contributed by atoms with E-state index >= 15 is 0 Å². The van der Waals surface area contributed by atoms with Crippen molar-refractivity contribution in [1.82, 2.24) is 15.0 Å². The maximum Gasteiger partial charge on any atom is 0.573 e. The van der Waals surface area contributed by atoms with Gasteiger partial charge < -0.3 is 14.5 Å². The first-order valence-corrected chi connectivity index (χ1v) is 9.51. The van der Waals surface area contributed by atoms with Crippen LogP contribution in [0.25, 0.3) is 11.0 Å². The van der Waals surface area contributed by atoms with Crippen LogP contribution in [0.3, 0.4) is 0 Å². The lowest BCUT2D eigenvalue weighted by molar-refractivity contribution is -0.274. The maximum atomic E-state index is 12.6. The Morgan fingerprint density at radius 2 is 1.87 bits per heavy atom. The summed E-state index contributed by atoms with van der Waals surface area (Å²) < 4.78 is 95.2. The first-order valence-electron chi connectivity index (χ1n) is 8.19. The Hall–Kier alpha value is -2.83. The standard InChI is InChI=1S/C17H13F6N3O3S/c1-9-13(24-5-4-14(9)28-8-16(18,19)20)7-30(27)15-25-11-3-2-10(6-12(11)26-15)29-17(21,22)23/h2-6H,7-8H2,1H3,(H,25,26)/t30-/m1/s1. The third kappa shape index (κ3) is 5.62. The number of pyridine rings is 1. The van der Waals surface area contributed by atoms with Gasteiger partial charge in [0.1, 0.15) is 11.5 Å². The Kier molecular flexibility index (Phi) is 5.92. The SMILES string of the molecule is Cc1c(OCC(F)(F)F)ccnc1C[S@@](=O)c1nc2ccc(OC(F)(F)F)cc2[nH]1. The van der Waals surface area contributed by atoms with Crippen molar-refractivity contribution < 1.29 is 40.0 Å². The van der Waals surface area contributed by atoms with Crippen LogP contribution in [-0.2, 0) is 16.6 Å². The lowest BCUT2D eigenvalue weighted by Gasteiger charge is -2.13.